The average molecular weight is 271 g/mol. The highest BCUT2D eigenvalue weighted by Gasteiger charge is 2.19. The SMILES string of the molecule is CC(C)(C)OC(=O)NCS(=O)(=O)c1ccccc1. The average Bonchev–Trinajstić information content (AvgIpc) is 2.26. The zero-order chi connectivity index (χ0) is 13.8. The molecule has 0 aliphatic carbocycles. The number of sulfone groups is 1. The van der Waals surface area contributed by atoms with Gasteiger partial charge in [-0.15, -0.1) is 0 Å². The molecule has 0 fully saturated rings. The number of rotatable bonds is 3. The van der Waals surface area contributed by atoms with Gasteiger partial charge in [-0.1, -0.05) is 18.2 Å². The van der Waals surface area contributed by atoms with Crippen LogP contribution in [0.2, 0.25) is 0 Å². The van der Waals surface area contributed by atoms with Crippen molar-refractivity contribution in [3.05, 3.63) is 30.3 Å². The van der Waals surface area contributed by atoms with Crippen LogP contribution in [0.1, 0.15) is 20.8 Å². The lowest BCUT2D eigenvalue weighted by Gasteiger charge is -2.19. The number of carbonyl (C=O) groups is 1. The van der Waals surface area contributed by atoms with Crippen LogP contribution in [0.15, 0.2) is 35.2 Å². The number of benzene rings is 1. The molecule has 5 nitrogen and oxygen atoms in total. The molecule has 0 radical (unpaired) electrons. The number of hydrogen-bond acceptors (Lipinski definition) is 4. The lowest BCUT2D eigenvalue weighted by atomic mass is 10.2. The van der Waals surface area contributed by atoms with Gasteiger partial charge < -0.3 is 10.1 Å². The van der Waals surface area contributed by atoms with Gasteiger partial charge in [-0.25, -0.2) is 13.2 Å². The van der Waals surface area contributed by atoms with E-state index in [1.54, 1.807) is 39.0 Å². The number of carbonyl (C=O) groups excluding carboxylic acids is 1. The highest BCUT2D eigenvalue weighted by atomic mass is 32.2. The molecule has 0 spiro atoms. The molecule has 0 atom stereocenters. The van der Waals surface area contributed by atoms with Crippen molar-refractivity contribution in [3.63, 3.8) is 0 Å². The second-order valence-electron chi connectivity index (χ2n) is 4.75. The molecule has 0 saturated heterocycles. The second kappa shape index (κ2) is 5.39. The van der Waals surface area contributed by atoms with Crippen LogP contribution in [0.4, 0.5) is 4.79 Å². The predicted octanol–water partition coefficient (Wildman–Crippen LogP) is 1.94. The van der Waals surface area contributed by atoms with Gasteiger partial charge >= 0.3 is 6.09 Å². The molecule has 0 aliphatic heterocycles. The molecule has 0 aromatic heterocycles. The van der Waals surface area contributed by atoms with Crippen LogP contribution < -0.4 is 5.32 Å². The van der Waals surface area contributed by atoms with E-state index < -0.39 is 27.4 Å². The summed E-state index contributed by atoms with van der Waals surface area (Å²) in [5.41, 5.74) is -0.652. The minimum Gasteiger partial charge on any atom is -0.444 e. The number of hydrogen-bond donors (Lipinski definition) is 1. The van der Waals surface area contributed by atoms with Crippen molar-refractivity contribution in [1.82, 2.24) is 5.32 Å². The van der Waals surface area contributed by atoms with Crippen molar-refractivity contribution >= 4 is 15.9 Å². The van der Waals surface area contributed by atoms with Crippen molar-refractivity contribution in [2.45, 2.75) is 31.3 Å². The summed E-state index contributed by atoms with van der Waals surface area (Å²) in [5.74, 6) is -0.480. The van der Waals surface area contributed by atoms with Crippen LogP contribution in [-0.2, 0) is 14.6 Å². The monoisotopic (exact) mass is 271 g/mol. The summed E-state index contributed by atoms with van der Waals surface area (Å²) in [6.45, 7) is 5.12. The van der Waals surface area contributed by atoms with Gasteiger partial charge in [0.1, 0.15) is 11.5 Å². The van der Waals surface area contributed by atoms with Crippen LogP contribution in [-0.4, -0.2) is 26.0 Å². The first-order valence-corrected chi connectivity index (χ1v) is 7.11. The Hall–Kier alpha value is -1.56. The van der Waals surface area contributed by atoms with E-state index in [-0.39, 0.29) is 4.90 Å². The topological polar surface area (TPSA) is 72.5 Å². The van der Waals surface area contributed by atoms with Gasteiger partial charge in [0.15, 0.2) is 9.84 Å². The minimum absolute atomic E-state index is 0.168. The number of amides is 1. The Bertz CT molecular complexity index is 503. The quantitative estimate of drug-likeness (QED) is 0.912. The summed E-state index contributed by atoms with van der Waals surface area (Å²) in [5, 5.41) is 2.23. The second-order valence-corrected chi connectivity index (χ2v) is 6.74. The van der Waals surface area contributed by atoms with Crippen molar-refractivity contribution in [2.75, 3.05) is 5.88 Å². The molecule has 1 rings (SSSR count). The Balaban J connectivity index is 2.61. The maximum atomic E-state index is 11.8. The Morgan fingerprint density at radius 2 is 1.78 bits per heavy atom. The van der Waals surface area contributed by atoms with Crippen LogP contribution in [0.25, 0.3) is 0 Å². The first kappa shape index (κ1) is 14.5. The molecule has 1 amide bonds. The third-order valence-corrected chi connectivity index (χ3v) is 3.42. The van der Waals surface area contributed by atoms with Crippen LogP contribution >= 0.6 is 0 Å². The van der Waals surface area contributed by atoms with E-state index in [2.05, 4.69) is 5.32 Å². The zero-order valence-corrected chi connectivity index (χ0v) is 11.5. The van der Waals surface area contributed by atoms with Gasteiger partial charge in [0, 0.05) is 0 Å². The summed E-state index contributed by atoms with van der Waals surface area (Å²) in [4.78, 5) is 11.5. The summed E-state index contributed by atoms with van der Waals surface area (Å²) < 4.78 is 28.6. The molecular weight excluding hydrogens is 254 g/mol. The fourth-order valence-electron chi connectivity index (χ4n) is 1.18. The smallest absolute Gasteiger partial charge is 0.408 e. The third kappa shape index (κ3) is 4.75. The van der Waals surface area contributed by atoms with E-state index in [4.69, 9.17) is 4.74 Å². The van der Waals surface area contributed by atoms with Gasteiger partial charge in [-0.2, -0.15) is 0 Å². The molecule has 0 bridgehead atoms. The van der Waals surface area contributed by atoms with Crippen molar-refractivity contribution < 1.29 is 17.9 Å². The molecule has 18 heavy (non-hydrogen) atoms. The maximum Gasteiger partial charge on any atom is 0.408 e. The van der Waals surface area contributed by atoms with Crippen LogP contribution in [0.3, 0.4) is 0 Å². The first-order valence-electron chi connectivity index (χ1n) is 5.45. The number of ether oxygens (including phenoxy) is 1. The third-order valence-electron chi connectivity index (χ3n) is 1.91. The van der Waals surface area contributed by atoms with Crippen molar-refractivity contribution in [2.24, 2.45) is 0 Å². The van der Waals surface area contributed by atoms with Gasteiger partial charge in [-0.3, -0.25) is 0 Å². The highest BCUT2D eigenvalue weighted by molar-refractivity contribution is 7.91. The summed E-state index contributed by atoms with van der Waals surface area (Å²) >= 11 is 0. The Labute approximate surface area is 107 Å². The standard InChI is InChI=1S/C12H17NO4S/c1-12(2,3)17-11(14)13-9-18(15,16)10-7-5-4-6-8-10/h4-8H,9H2,1-3H3,(H,13,14). The fourth-order valence-corrected chi connectivity index (χ4v) is 2.23. The maximum absolute atomic E-state index is 11.8. The van der Waals surface area contributed by atoms with Gasteiger partial charge in [0.25, 0.3) is 0 Å². The van der Waals surface area contributed by atoms with Crippen molar-refractivity contribution in [3.8, 4) is 0 Å². The summed E-state index contributed by atoms with van der Waals surface area (Å²) in [6, 6.07) is 7.93. The molecule has 1 aromatic rings. The van der Waals surface area contributed by atoms with E-state index in [0.717, 1.165) is 0 Å². The summed E-state index contributed by atoms with van der Waals surface area (Å²) in [6.07, 6.45) is -0.748. The van der Waals surface area contributed by atoms with Gasteiger partial charge in [0.2, 0.25) is 0 Å². The minimum atomic E-state index is -3.52. The molecular formula is C12H17NO4S. The lowest BCUT2D eigenvalue weighted by molar-refractivity contribution is 0.0537. The molecule has 6 heteroatoms. The molecule has 0 unspecified atom stereocenters. The van der Waals surface area contributed by atoms with Crippen LogP contribution in [0, 0.1) is 0 Å². The first-order chi connectivity index (χ1) is 8.21. The molecule has 0 heterocycles. The van der Waals surface area contributed by atoms with Gasteiger partial charge in [0.05, 0.1) is 4.90 Å². The lowest BCUT2D eigenvalue weighted by Crippen LogP contribution is -2.35. The highest BCUT2D eigenvalue weighted by Crippen LogP contribution is 2.10. The Morgan fingerprint density at radius 3 is 2.28 bits per heavy atom. The van der Waals surface area contributed by atoms with E-state index in [1.807, 2.05) is 0 Å². The van der Waals surface area contributed by atoms with Crippen LogP contribution in [0.5, 0.6) is 0 Å². The summed E-state index contributed by atoms with van der Waals surface area (Å²) in [7, 11) is -3.52. The normalized spacial score (nSPS) is 11.9. The number of nitrogens with one attached hydrogen (secondary N) is 1. The molecule has 1 aromatic carbocycles. The molecule has 0 aliphatic rings. The molecule has 1 N–H and O–H groups in total. The Kier molecular flexibility index (Phi) is 4.34. The Morgan fingerprint density at radius 1 is 1.22 bits per heavy atom. The van der Waals surface area contributed by atoms with E-state index >= 15 is 0 Å². The molecule has 100 valence electrons. The predicted molar refractivity (Wildman–Crippen MR) is 67.9 cm³/mol. The molecule has 0 saturated carbocycles. The van der Waals surface area contributed by atoms with E-state index in [0.29, 0.717) is 0 Å². The van der Waals surface area contributed by atoms with E-state index in [1.165, 1.54) is 12.1 Å². The van der Waals surface area contributed by atoms with Gasteiger partial charge in [-0.05, 0) is 32.9 Å². The van der Waals surface area contributed by atoms with E-state index in [9.17, 15) is 13.2 Å². The number of alkyl carbamates (subject to hydrolysis) is 1. The van der Waals surface area contributed by atoms with Crippen molar-refractivity contribution in [1.29, 1.82) is 0 Å². The zero-order valence-electron chi connectivity index (χ0n) is 10.6. The fraction of sp³-hybridized carbons (Fsp3) is 0.417. The largest absolute Gasteiger partial charge is 0.444 e.